The molecule has 3 unspecified atom stereocenters. The van der Waals surface area contributed by atoms with Gasteiger partial charge in [0.2, 0.25) is 11.8 Å². The molecule has 1 heterocycles. The Labute approximate surface area is 246 Å². The van der Waals surface area contributed by atoms with E-state index in [2.05, 4.69) is 16.6 Å². The van der Waals surface area contributed by atoms with Gasteiger partial charge in [-0.2, -0.15) is 11.8 Å². The van der Waals surface area contributed by atoms with Crippen molar-refractivity contribution in [2.24, 2.45) is 0 Å². The van der Waals surface area contributed by atoms with Gasteiger partial charge in [-0.25, -0.2) is 4.39 Å². The molecule has 2 amide bonds. The fraction of sp³-hybridized carbons (Fsp3) is 0.500. The van der Waals surface area contributed by atoms with Crippen LogP contribution in [0.1, 0.15) is 55.2 Å². The Morgan fingerprint density at radius 2 is 2.07 bits per heavy atom. The van der Waals surface area contributed by atoms with Gasteiger partial charge in [0.15, 0.2) is 0 Å². The number of terminal acetylenes is 1. The molecule has 0 saturated heterocycles. The normalized spacial score (nSPS) is 22.0. The van der Waals surface area contributed by atoms with Crippen LogP contribution in [0.4, 0.5) is 4.39 Å². The molecule has 1 saturated carbocycles. The van der Waals surface area contributed by atoms with E-state index in [-0.39, 0.29) is 36.7 Å². The minimum atomic E-state index is -0.988. The zero-order valence-corrected chi connectivity index (χ0v) is 24.6. The van der Waals surface area contributed by atoms with E-state index in [1.807, 2.05) is 30.5 Å². The number of nitrogens with one attached hydrogen (secondary N) is 2. The van der Waals surface area contributed by atoms with E-state index in [1.54, 1.807) is 24.9 Å². The van der Waals surface area contributed by atoms with Gasteiger partial charge in [-0.3, -0.25) is 9.59 Å². The summed E-state index contributed by atoms with van der Waals surface area (Å²) in [6, 6.07) is 10.9. The molecule has 0 spiro atoms. The fourth-order valence-electron chi connectivity index (χ4n) is 5.33. The maximum Gasteiger partial charge on any atom is 0.243 e. The van der Waals surface area contributed by atoms with Crippen LogP contribution < -0.4 is 15.4 Å². The highest BCUT2D eigenvalue weighted by molar-refractivity contribution is 7.98. The highest BCUT2D eigenvalue weighted by atomic mass is 32.2. The second-order valence-corrected chi connectivity index (χ2v) is 12.0. The summed E-state index contributed by atoms with van der Waals surface area (Å²) in [6.07, 6.45) is 10.6. The number of aliphatic hydroxyl groups is 1. The van der Waals surface area contributed by atoms with E-state index < -0.39 is 24.0 Å². The maximum atomic E-state index is 14.5. The smallest absolute Gasteiger partial charge is 0.243 e. The van der Waals surface area contributed by atoms with Crippen molar-refractivity contribution in [3.8, 4) is 18.1 Å². The van der Waals surface area contributed by atoms with Crippen molar-refractivity contribution in [3.63, 3.8) is 0 Å². The van der Waals surface area contributed by atoms with Crippen molar-refractivity contribution in [2.75, 3.05) is 32.2 Å². The van der Waals surface area contributed by atoms with Crippen molar-refractivity contribution in [2.45, 2.75) is 68.7 Å². The average Bonchev–Trinajstić information content (AvgIpc) is 3.76. The molecule has 7 nitrogen and oxygen atoms in total. The number of thioether (sulfide) groups is 1. The van der Waals surface area contributed by atoms with Crippen LogP contribution in [0.15, 0.2) is 42.5 Å². The van der Waals surface area contributed by atoms with Crippen molar-refractivity contribution >= 4 is 23.6 Å². The molecule has 1 aliphatic carbocycles. The molecule has 1 fully saturated rings. The van der Waals surface area contributed by atoms with Crippen molar-refractivity contribution in [1.29, 1.82) is 0 Å². The van der Waals surface area contributed by atoms with Gasteiger partial charge in [0.25, 0.3) is 0 Å². The fourth-order valence-corrected chi connectivity index (χ4v) is 5.79. The molecule has 220 valence electrons. The lowest BCUT2D eigenvalue weighted by Gasteiger charge is -2.32. The number of likely N-dealkylation sites (N-methyl/N-ethyl adjacent to an activating group) is 1. The lowest BCUT2D eigenvalue weighted by molar-refractivity contribution is -0.139. The Balaban J connectivity index is 1.58. The third-order valence-electron chi connectivity index (χ3n) is 7.97. The van der Waals surface area contributed by atoms with Crippen LogP contribution in [0.3, 0.4) is 0 Å². The Hall–Kier alpha value is -3.06. The third-order valence-corrected chi connectivity index (χ3v) is 8.62. The maximum absolute atomic E-state index is 14.5. The molecule has 4 rings (SSSR count). The Morgan fingerprint density at radius 1 is 1.27 bits per heavy atom. The molecule has 3 atom stereocenters. The SMILES string of the molecule is C#Cc1cccc(C2(NCC(O)C3Cc4cc(F)cc(c4)OCCCCC(=O)N(C)C(CCSC)C(=O)N3)CC2)c1. The number of hydrogen-bond acceptors (Lipinski definition) is 6. The summed E-state index contributed by atoms with van der Waals surface area (Å²) < 4.78 is 20.3. The quantitative estimate of drug-likeness (QED) is 0.413. The second kappa shape index (κ2) is 14.2. The van der Waals surface area contributed by atoms with Gasteiger partial charge < -0.3 is 25.4 Å². The lowest BCUT2D eigenvalue weighted by atomic mass is 9.98. The van der Waals surface area contributed by atoms with Crippen molar-refractivity contribution in [1.82, 2.24) is 15.5 Å². The van der Waals surface area contributed by atoms with Gasteiger partial charge in [0.05, 0.1) is 18.8 Å². The monoisotopic (exact) mass is 581 g/mol. The molecule has 9 heteroatoms. The Morgan fingerprint density at radius 3 is 2.80 bits per heavy atom. The van der Waals surface area contributed by atoms with Crippen LogP contribution in [-0.4, -0.2) is 72.2 Å². The molecule has 1 aliphatic heterocycles. The number of hydrogen-bond donors (Lipinski definition) is 3. The predicted octanol–water partition coefficient (Wildman–Crippen LogP) is 3.62. The minimum absolute atomic E-state index is 0.114. The van der Waals surface area contributed by atoms with Crippen molar-refractivity contribution < 1.29 is 23.8 Å². The largest absolute Gasteiger partial charge is 0.493 e. The first kappa shape index (κ1) is 30.9. The number of nitrogens with zero attached hydrogens (tertiary/aromatic N) is 1. The molecule has 2 aromatic carbocycles. The van der Waals surface area contributed by atoms with Crippen LogP contribution in [0.5, 0.6) is 5.75 Å². The molecular weight excluding hydrogens is 541 g/mol. The van der Waals surface area contributed by atoms with Gasteiger partial charge in [-0.15, -0.1) is 6.42 Å². The van der Waals surface area contributed by atoms with E-state index in [0.29, 0.717) is 42.9 Å². The number of fused-ring (bicyclic) bond motifs is 2. The van der Waals surface area contributed by atoms with Crippen LogP contribution in [0.25, 0.3) is 0 Å². The first-order chi connectivity index (χ1) is 19.7. The number of rotatable bonds is 8. The van der Waals surface area contributed by atoms with Gasteiger partial charge in [0, 0.05) is 37.2 Å². The molecule has 2 aromatic rings. The number of ether oxygens (including phenoxy) is 1. The van der Waals surface area contributed by atoms with E-state index in [4.69, 9.17) is 11.2 Å². The summed E-state index contributed by atoms with van der Waals surface area (Å²) in [5.41, 5.74) is 2.18. The zero-order chi connectivity index (χ0) is 29.4. The van der Waals surface area contributed by atoms with Gasteiger partial charge in [-0.05, 0) is 85.9 Å². The summed E-state index contributed by atoms with van der Waals surface area (Å²) in [5, 5.41) is 18.0. The number of carbonyl (C=O) groups excluding carboxylic acids is 2. The van der Waals surface area contributed by atoms with Gasteiger partial charge in [-0.1, -0.05) is 18.1 Å². The molecule has 41 heavy (non-hydrogen) atoms. The Bertz CT molecular complexity index is 1260. The third kappa shape index (κ3) is 8.25. The summed E-state index contributed by atoms with van der Waals surface area (Å²) in [7, 11) is 1.66. The molecule has 0 aromatic heterocycles. The molecule has 2 aliphatic rings. The van der Waals surface area contributed by atoms with Crippen LogP contribution in [-0.2, 0) is 21.5 Å². The second-order valence-electron chi connectivity index (χ2n) is 11.0. The first-order valence-electron chi connectivity index (χ1n) is 14.2. The van der Waals surface area contributed by atoms with E-state index in [1.165, 1.54) is 17.0 Å². The van der Waals surface area contributed by atoms with E-state index in [9.17, 15) is 19.1 Å². The number of halogens is 1. The van der Waals surface area contributed by atoms with Gasteiger partial charge >= 0.3 is 0 Å². The predicted molar refractivity (Wildman–Crippen MR) is 160 cm³/mol. The first-order valence-corrected chi connectivity index (χ1v) is 15.6. The molecule has 0 radical (unpaired) electrons. The number of benzene rings is 2. The summed E-state index contributed by atoms with van der Waals surface area (Å²) in [5.74, 6) is 2.87. The molecular formula is C32H40FN3O4S. The average molecular weight is 582 g/mol. The highest BCUT2D eigenvalue weighted by Crippen LogP contribution is 2.45. The summed E-state index contributed by atoms with van der Waals surface area (Å²) >= 11 is 1.60. The highest BCUT2D eigenvalue weighted by Gasteiger charge is 2.44. The Kier molecular flexibility index (Phi) is 10.7. The number of carbonyl (C=O) groups is 2. The summed E-state index contributed by atoms with van der Waals surface area (Å²) in [4.78, 5) is 28.1. The van der Waals surface area contributed by atoms with Crippen LogP contribution in [0, 0.1) is 18.2 Å². The molecule has 3 N–H and O–H groups in total. The van der Waals surface area contributed by atoms with Crippen LogP contribution >= 0.6 is 11.8 Å². The standard InChI is InChI=1S/C32H40FN3O4S/c1-4-22-8-7-9-24(16-22)32(12-13-32)34-21-29(37)27-19-23-17-25(33)20-26(18-23)40-14-6-5-10-30(38)36(2)28(11-15-41-3)31(39)35-27/h1,7-9,16-18,20,27-29,34,37H,5-6,10-15,19,21H2,2-3H3,(H,35,39). The molecule has 2 bridgehead atoms. The van der Waals surface area contributed by atoms with Crippen LogP contribution in [0.2, 0.25) is 0 Å². The number of amides is 2. The van der Waals surface area contributed by atoms with E-state index in [0.717, 1.165) is 24.0 Å². The summed E-state index contributed by atoms with van der Waals surface area (Å²) in [6.45, 7) is 0.556. The number of aliphatic hydroxyl groups excluding tert-OH is 1. The van der Waals surface area contributed by atoms with Crippen molar-refractivity contribution in [3.05, 3.63) is 65.0 Å². The zero-order valence-electron chi connectivity index (χ0n) is 23.8. The minimum Gasteiger partial charge on any atom is -0.493 e. The van der Waals surface area contributed by atoms with Gasteiger partial charge in [0.1, 0.15) is 17.6 Å². The topological polar surface area (TPSA) is 90.9 Å². The van der Waals surface area contributed by atoms with E-state index >= 15 is 0 Å². The lowest BCUT2D eigenvalue weighted by Crippen LogP contribution is -2.55.